The molecule has 1 unspecified atom stereocenters. The van der Waals surface area contributed by atoms with Crippen LogP contribution in [0.25, 0.3) is 5.69 Å². The average molecular weight is 562 g/mol. The van der Waals surface area contributed by atoms with Crippen molar-refractivity contribution in [1.29, 1.82) is 0 Å². The third-order valence-electron chi connectivity index (χ3n) is 6.78. The number of carboxylic acid groups (broad SMARTS) is 1. The first-order valence-electron chi connectivity index (χ1n) is 12.7. The number of anilines is 1. The van der Waals surface area contributed by atoms with Gasteiger partial charge in [-0.1, -0.05) is 19.3 Å². The maximum Gasteiger partial charge on any atom is 0.320 e. The summed E-state index contributed by atoms with van der Waals surface area (Å²) < 4.78 is 63.5. The standard InChI is InChI=1S/C28H27F4N3O5/c29-15-6-7-18(20(30)12-15)26(37)19-8-9-24(36)35(27(19)33)25-21(31)13-17(14-22(25)32)40-11-10-23(28(38)39)34-16-4-2-1-3-5-16/h6-9,12-14,16,23,34H,1-5,10-11,33H2,(H,38,39). The molecule has 2 aromatic carbocycles. The zero-order chi connectivity index (χ0) is 29.0. The van der Waals surface area contributed by atoms with Gasteiger partial charge in [-0.2, -0.15) is 0 Å². The van der Waals surface area contributed by atoms with Crippen molar-refractivity contribution in [3.8, 4) is 11.4 Å². The Labute approximate surface area is 226 Å². The minimum atomic E-state index is -1.25. The summed E-state index contributed by atoms with van der Waals surface area (Å²) in [6.07, 6.45) is 4.91. The van der Waals surface area contributed by atoms with E-state index in [9.17, 15) is 28.3 Å². The van der Waals surface area contributed by atoms with E-state index >= 15 is 8.78 Å². The summed E-state index contributed by atoms with van der Waals surface area (Å²) in [4.78, 5) is 37.0. The van der Waals surface area contributed by atoms with Gasteiger partial charge in [0.1, 0.15) is 34.9 Å². The topological polar surface area (TPSA) is 124 Å². The highest BCUT2D eigenvalue weighted by atomic mass is 19.1. The number of hydrogen-bond acceptors (Lipinski definition) is 6. The number of hydrogen-bond donors (Lipinski definition) is 3. The fourth-order valence-electron chi connectivity index (χ4n) is 4.76. The molecular weight excluding hydrogens is 534 g/mol. The van der Waals surface area contributed by atoms with Gasteiger partial charge in [-0.05, 0) is 31.0 Å². The molecule has 1 saturated carbocycles. The molecule has 8 nitrogen and oxygen atoms in total. The summed E-state index contributed by atoms with van der Waals surface area (Å²) in [7, 11) is 0. The van der Waals surface area contributed by atoms with Crippen LogP contribution < -0.4 is 21.3 Å². The number of ether oxygens (including phenoxy) is 1. The number of carbonyl (C=O) groups is 2. The molecule has 1 atom stereocenters. The summed E-state index contributed by atoms with van der Waals surface area (Å²) in [6, 6.07) is 4.80. The number of nitrogen functional groups attached to an aromatic ring is 1. The van der Waals surface area contributed by atoms with Crippen LogP contribution in [0.3, 0.4) is 0 Å². The average Bonchev–Trinajstić information content (AvgIpc) is 2.90. The van der Waals surface area contributed by atoms with E-state index in [2.05, 4.69) is 5.32 Å². The predicted octanol–water partition coefficient (Wildman–Crippen LogP) is 4.35. The van der Waals surface area contributed by atoms with E-state index in [0.717, 1.165) is 68.5 Å². The van der Waals surface area contributed by atoms with Gasteiger partial charge in [-0.15, -0.1) is 0 Å². The number of nitrogens with two attached hydrogens (primary N) is 1. The molecule has 3 aromatic rings. The van der Waals surface area contributed by atoms with Crippen molar-refractivity contribution in [3.05, 3.63) is 87.2 Å². The highest BCUT2D eigenvalue weighted by Gasteiger charge is 2.25. The molecule has 4 N–H and O–H groups in total. The van der Waals surface area contributed by atoms with E-state index in [-0.39, 0.29) is 24.8 Å². The minimum Gasteiger partial charge on any atom is -0.493 e. The van der Waals surface area contributed by atoms with Gasteiger partial charge in [0.15, 0.2) is 17.4 Å². The van der Waals surface area contributed by atoms with Crippen LogP contribution in [-0.4, -0.2) is 40.1 Å². The number of aliphatic carboxylic acids is 1. The SMILES string of the molecule is Nc1c(C(=O)c2ccc(F)cc2F)ccc(=O)n1-c1c(F)cc(OCCC(NC2CCCCC2)C(=O)O)cc1F. The summed E-state index contributed by atoms with van der Waals surface area (Å²) in [5.74, 6) is -7.62. The van der Waals surface area contributed by atoms with E-state index in [1.54, 1.807) is 0 Å². The van der Waals surface area contributed by atoms with Gasteiger partial charge >= 0.3 is 5.97 Å². The molecule has 0 amide bonds. The van der Waals surface area contributed by atoms with E-state index < -0.39 is 69.3 Å². The van der Waals surface area contributed by atoms with Gasteiger partial charge in [-0.25, -0.2) is 17.6 Å². The van der Waals surface area contributed by atoms with Crippen molar-refractivity contribution < 1.29 is 37.0 Å². The Bertz CT molecular complexity index is 1460. The third-order valence-corrected chi connectivity index (χ3v) is 6.78. The van der Waals surface area contributed by atoms with Crippen molar-refractivity contribution >= 4 is 17.6 Å². The summed E-state index contributed by atoms with van der Waals surface area (Å²) in [5, 5.41) is 12.6. The number of aromatic nitrogens is 1. The molecule has 1 fully saturated rings. The van der Waals surface area contributed by atoms with Gasteiger partial charge in [0.2, 0.25) is 0 Å². The summed E-state index contributed by atoms with van der Waals surface area (Å²) in [5.41, 5.74) is 3.09. The second-order valence-corrected chi connectivity index (χ2v) is 9.52. The third kappa shape index (κ3) is 6.33. The smallest absolute Gasteiger partial charge is 0.320 e. The lowest BCUT2D eigenvalue weighted by atomic mass is 9.94. The van der Waals surface area contributed by atoms with Gasteiger partial charge in [0.25, 0.3) is 5.56 Å². The molecule has 0 spiro atoms. The Morgan fingerprint density at radius 1 is 0.975 bits per heavy atom. The molecule has 1 aromatic heterocycles. The van der Waals surface area contributed by atoms with E-state index in [1.165, 1.54) is 0 Å². The second kappa shape index (κ2) is 12.3. The maximum absolute atomic E-state index is 15.1. The van der Waals surface area contributed by atoms with Gasteiger partial charge < -0.3 is 20.9 Å². The zero-order valence-corrected chi connectivity index (χ0v) is 21.3. The Hall–Kier alpha value is -4.19. The van der Waals surface area contributed by atoms with Crippen molar-refractivity contribution in [1.82, 2.24) is 9.88 Å². The number of carbonyl (C=O) groups excluding carboxylic acids is 1. The molecule has 1 aliphatic carbocycles. The van der Waals surface area contributed by atoms with Crippen molar-refractivity contribution in [2.75, 3.05) is 12.3 Å². The lowest BCUT2D eigenvalue weighted by Crippen LogP contribution is -2.44. The lowest BCUT2D eigenvalue weighted by Gasteiger charge is -2.26. The normalized spacial score (nSPS) is 14.6. The Balaban J connectivity index is 1.54. The van der Waals surface area contributed by atoms with Crippen molar-refractivity contribution in [3.63, 3.8) is 0 Å². The molecule has 212 valence electrons. The van der Waals surface area contributed by atoms with Crippen LogP contribution in [0.4, 0.5) is 23.4 Å². The number of pyridine rings is 1. The fourth-order valence-corrected chi connectivity index (χ4v) is 4.76. The molecule has 4 rings (SSSR count). The van der Waals surface area contributed by atoms with E-state index in [0.29, 0.717) is 10.6 Å². The Morgan fingerprint density at radius 2 is 1.62 bits per heavy atom. The molecule has 0 bridgehead atoms. The predicted molar refractivity (Wildman–Crippen MR) is 138 cm³/mol. The number of nitrogens with one attached hydrogen (secondary N) is 1. The van der Waals surface area contributed by atoms with Crippen LogP contribution in [0, 0.1) is 23.3 Å². The lowest BCUT2D eigenvalue weighted by molar-refractivity contribution is -0.140. The van der Waals surface area contributed by atoms with Gasteiger partial charge in [0, 0.05) is 36.7 Å². The van der Waals surface area contributed by atoms with Gasteiger partial charge in [0.05, 0.1) is 17.7 Å². The minimum absolute atomic E-state index is 0.0351. The van der Waals surface area contributed by atoms with Gasteiger partial charge in [-0.3, -0.25) is 19.0 Å². The van der Waals surface area contributed by atoms with Crippen molar-refractivity contribution in [2.45, 2.75) is 50.6 Å². The zero-order valence-electron chi connectivity index (χ0n) is 21.3. The molecule has 12 heteroatoms. The van der Waals surface area contributed by atoms with Crippen LogP contribution in [-0.2, 0) is 4.79 Å². The first kappa shape index (κ1) is 28.8. The summed E-state index contributed by atoms with van der Waals surface area (Å²) >= 11 is 0. The summed E-state index contributed by atoms with van der Waals surface area (Å²) in [6.45, 7) is -0.162. The number of nitrogens with zero attached hydrogens (tertiary/aromatic N) is 1. The number of rotatable bonds is 10. The Kier molecular flexibility index (Phi) is 8.88. The number of halogens is 4. The molecule has 0 radical (unpaired) electrons. The highest BCUT2D eigenvalue weighted by molar-refractivity contribution is 6.11. The van der Waals surface area contributed by atoms with Crippen LogP contribution in [0.2, 0.25) is 0 Å². The Morgan fingerprint density at radius 3 is 2.25 bits per heavy atom. The largest absolute Gasteiger partial charge is 0.493 e. The molecule has 0 aliphatic heterocycles. The quantitative estimate of drug-likeness (QED) is 0.248. The van der Waals surface area contributed by atoms with Crippen LogP contribution in [0.1, 0.15) is 54.4 Å². The van der Waals surface area contributed by atoms with Crippen molar-refractivity contribution in [2.24, 2.45) is 0 Å². The second-order valence-electron chi connectivity index (χ2n) is 9.52. The molecular formula is C28H27F4N3O5. The first-order chi connectivity index (χ1) is 19.1. The van der Waals surface area contributed by atoms with E-state index in [1.807, 2.05) is 0 Å². The molecule has 1 aliphatic rings. The molecule has 1 heterocycles. The number of benzene rings is 2. The molecule has 0 saturated heterocycles. The van der Waals surface area contributed by atoms with Crippen LogP contribution in [0.5, 0.6) is 5.75 Å². The monoisotopic (exact) mass is 561 g/mol. The molecule has 40 heavy (non-hydrogen) atoms. The van der Waals surface area contributed by atoms with Crippen LogP contribution in [0.15, 0.2) is 47.3 Å². The highest BCUT2D eigenvalue weighted by Crippen LogP contribution is 2.27. The number of ketones is 1. The fraction of sp³-hybridized carbons (Fsp3) is 0.321. The maximum atomic E-state index is 15.1. The number of carboxylic acids is 1. The first-order valence-corrected chi connectivity index (χ1v) is 12.7. The van der Waals surface area contributed by atoms with E-state index in [4.69, 9.17) is 10.5 Å². The van der Waals surface area contributed by atoms with Crippen LogP contribution >= 0.6 is 0 Å².